The van der Waals surface area contributed by atoms with Crippen LogP contribution in [0.25, 0.3) is 11.3 Å². The number of anilines is 1. The third-order valence-electron chi connectivity index (χ3n) is 5.51. The number of aromatic nitrogens is 2. The van der Waals surface area contributed by atoms with Gasteiger partial charge in [0.25, 0.3) is 0 Å². The van der Waals surface area contributed by atoms with E-state index in [4.69, 9.17) is 21.1 Å². The van der Waals surface area contributed by atoms with Crippen LogP contribution in [-0.4, -0.2) is 54.4 Å². The highest BCUT2D eigenvalue weighted by atomic mass is 35.5. The number of ether oxygens (including phenoxy) is 2. The smallest absolute Gasteiger partial charge is 0.170 e. The summed E-state index contributed by atoms with van der Waals surface area (Å²) in [5.74, 6) is 0.694. The van der Waals surface area contributed by atoms with Gasteiger partial charge >= 0.3 is 0 Å². The van der Waals surface area contributed by atoms with Crippen LogP contribution in [0.3, 0.4) is 0 Å². The zero-order chi connectivity index (χ0) is 22.8. The Hall–Kier alpha value is -3.36. The first-order chi connectivity index (χ1) is 16.1. The van der Waals surface area contributed by atoms with Gasteiger partial charge in [0.05, 0.1) is 36.1 Å². The van der Waals surface area contributed by atoms with Crippen LogP contribution in [0.15, 0.2) is 53.8 Å². The number of carbonyl (C=O) groups is 1. The lowest BCUT2D eigenvalue weighted by molar-refractivity contribution is 0.0998. The molecule has 1 fully saturated rings. The number of Topliss-reactive ketones (excluding diaryl/α,β-unsaturated/α-hetero) is 1. The fourth-order valence-corrected chi connectivity index (χ4v) is 3.97. The first-order valence-corrected chi connectivity index (χ1v) is 10.9. The zero-order valence-electron chi connectivity index (χ0n) is 17.6. The van der Waals surface area contributed by atoms with E-state index in [1.165, 1.54) is 18.2 Å². The zero-order valence-corrected chi connectivity index (χ0v) is 18.4. The number of aliphatic imine (C=N–C) groups is 1. The van der Waals surface area contributed by atoms with Crippen LogP contribution in [0.2, 0.25) is 5.02 Å². The second-order valence-electron chi connectivity index (χ2n) is 7.70. The Balaban J connectivity index is 1.40. The molecule has 0 saturated carbocycles. The largest absolute Gasteiger partial charge is 0.488 e. The summed E-state index contributed by atoms with van der Waals surface area (Å²) in [4.78, 5) is 28.7. The van der Waals surface area contributed by atoms with Gasteiger partial charge in [-0.05, 0) is 30.3 Å². The first kappa shape index (κ1) is 21.5. The van der Waals surface area contributed by atoms with Crippen LogP contribution in [0, 0.1) is 5.82 Å². The third-order valence-corrected chi connectivity index (χ3v) is 5.80. The molecule has 0 spiro atoms. The molecule has 33 heavy (non-hydrogen) atoms. The fraction of sp³-hybridized carbons (Fsp3) is 0.250. The highest BCUT2D eigenvalue weighted by molar-refractivity contribution is 6.30. The maximum Gasteiger partial charge on any atom is 0.170 e. The standard InChI is InChI=1S/C24H20ClFN4O3/c25-19-12-17(2-3-20(19)26)33-14-16-11-21(31)18-5-6-27-23(24(18)29-16)15-1-4-22(28-13-15)30-7-9-32-10-8-30/h1-6,12-13H,7-11,14H2. The molecule has 0 unspecified atom stereocenters. The predicted octanol–water partition coefficient (Wildman–Crippen LogP) is 4.51. The monoisotopic (exact) mass is 466 g/mol. The Morgan fingerprint density at radius 3 is 2.73 bits per heavy atom. The van der Waals surface area contributed by atoms with E-state index in [0.717, 1.165) is 24.5 Å². The van der Waals surface area contributed by atoms with Gasteiger partial charge in [0.2, 0.25) is 0 Å². The number of nitrogens with zero attached hydrogens (tertiary/aromatic N) is 4. The minimum absolute atomic E-state index is 0.0287. The second kappa shape index (κ2) is 9.25. The van der Waals surface area contributed by atoms with Crippen LogP contribution < -0.4 is 9.64 Å². The molecule has 0 atom stereocenters. The summed E-state index contributed by atoms with van der Waals surface area (Å²) in [7, 11) is 0. The lowest BCUT2D eigenvalue weighted by Gasteiger charge is -2.27. The molecule has 2 aliphatic rings. The summed E-state index contributed by atoms with van der Waals surface area (Å²) in [5, 5.41) is -0.0287. The van der Waals surface area contributed by atoms with Gasteiger partial charge in [-0.25, -0.2) is 9.37 Å². The van der Waals surface area contributed by atoms with Gasteiger partial charge < -0.3 is 14.4 Å². The van der Waals surface area contributed by atoms with Crippen molar-refractivity contribution in [3.63, 3.8) is 0 Å². The van der Waals surface area contributed by atoms with Gasteiger partial charge in [0, 0.05) is 42.7 Å². The second-order valence-corrected chi connectivity index (χ2v) is 8.11. The van der Waals surface area contributed by atoms with Crippen molar-refractivity contribution in [1.82, 2.24) is 9.97 Å². The number of carbonyl (C=O) groups excluding carboxylic acids is 1. The van der Waals surface area contributed by atoms with E-state index in [1.54, 1.807) is 18.5 Å². The van der Waals surface area contributed by atoms with E-state index in [-0.39, 0.29) is 23.8 Å². The van der Waals surface area contributed by atoms with Crippen molar-refractivity contribution in [1.29, 1.82) is 0 Å². The highest BCUT2D eigenvalue weighted by Gasteiger charge is 2.24. The molecule has 1 saturated heterocycles. The minimum atomic E-state index is -0.521. The Morgan fingerprint density at radius 2 is 1.97 bits per heavy atom. The van der Waals surface area contributed by atoms with Gasteiger partial charge in [-0.1, -0.05) is 11.6 Å². The van der Waals surface area contributed by atoms with Crippen LogP contribution in [0.5, 0.6) is 5.75 Å². The molecule has 2 aliphatic heterocycles. The first-order valence-electron chi connectivity index (χ1n) is 10.5. The van der Waals surface area contributed by atoms with Crippen LogP contribution in [0.4, 0.5) is 15.9 Å². The van der Waals surface area contributed by atoms with Gasteiger partial charge in [0.15, 0.2) is 5.78 Å². The molecule has 168 valence electrons. The molecule has 0 bridgehead atoms. The molecule has 7 nitrogen and oxygen atoms in total. The van der Waals surface area contributed by atoms with Crippen LogP contribution >= 0.6 is 11.6 Å². The Kier molecular flexibility index (Phi) is 6.02. The quantitative estimate of drug-likeness (QED) is 0.550. The Bertz CT molecular complexity index is 1230. The van der Waals surface area contributed by atoms with Gasteiger partial charge in [-0.15, -0.1) is 0 Å². The Labute approximate surface area is 194 Å². The summed E-state index contributed by atoms with van der Waals surface area (Å²) >= 11 is 5.81. The predicted molar refractivity (Wildman–Crippen MR) is 123 cm³/mol. The number of hydrogen-bond acceptors (Lipinski definition) is 7. The van der Waals surface area contributed by atoms with Crippen molar-refractivity contribution < 1.29 is 18.7 Å². The molecular formula is C24H20ClFN4O3. The lowest BCUT2D eigenvalue weighted by Crippen LogP contribution is -2.36. The maximum absolute atomic E-state index is 13.4. The number of rotatable bonds is 5. The summed E-state index contributed by atoms with van der Waals surface area (Å²) in [6.07, 6.45) is 3.50. The average Bonchev–Trinajstić information content (AvgIpc) is 2.85. The van der Waals surface area contributed by atoms with Crippen molar-refractivity contribution in [3.8, 4) is 17.0 Å². The molecule has 0 N–H and O–H groups in total. The summed E-state index contributed by atoms with van der Waals surface area (Å²) in [6.45, 7) is 3.04. The molecule has 0 amide bonds. The van der Waals surface area contributed by atoms with E-state index in [0.29, 0.717) is 41.6 Å². The molecule has 9 heteroatoms. The molecule has 0 aliphatic carbocycles. The highest BCUT2D eigenvalue weighted by Crippen LogP contribution is 2.35. The normalized spacial score (nSPS) is 15.8. The van der Waals surface area contributed by atoms with Crippen molar-refractivity contribution >= 4 is 34.6 Å². The average molecular weight is 467 g/mol. The number of benzene rings is 1. The molecule has 2 aromatic heterocycles. The van der Waals surface area contributed by atoms with Crippen LogP contribution in [0.1, 0.15) is 16.8 Å². The molecular weight excluding hydrogens is 447 g/mol. The fourth-order valence-electron chi connectivity index (χ4n) is 3.80. The van der Waals surface area contributed by atoms with Gasteiger partial charge in [-0.3, -0.25) is 14.8 Å². The molecule has 1 aromatic carbocycles. The Morgan fingerprint density at radius 1 is 1.12 bits per heavy atom. The minimum Gasteiger partial charge on any atom is -0.488 e. The van der Waals surface area contributed by atoms with E-state index in [1.807, 2.05) is 12.1 Å². The van der Waals surface area contributed by atoms with E-state index < -0.39 is 5.82 Å². The number of morpholine rings is 1. The SMILES string of the molecule is O=C1CC(COc2ccc(F)c(Cl)c2)=Nc2c1ccnc2-c1ccc(N2CCOCC2)nc1. The molecule has 3 aromatic rings. The number of hydrogen-bond donors (Lipinski definition) is 0. The number of ketones is 1. The van der Waals surface area contributed by atoms with Crippen LogP contribution in [-0.2, 0) is 4.74 Å². The summed E-state index contributed by atoms with van der Waals surface area (Å²) < 4.78 is 24.5. The number of pyridine rings is 2. The maximum atomic E-state index is 13.4. The third kappa shape index (κ3) is 4.58. The molecule has 0 radical (unpaired) electrons. The topological polar surface area (TPSA) is 76.9 Å². The number of fused-ring (bicyclic) bond motifs is 1. The van der Waals surface area contributed by atoms with Gasteiger partial charge in [0.1, 0.15) is 29.7 Å². The van der Waals surface area contributed by atoms with E-state index >= 15 is 0 Å². The summed E-state index contributed by atoms with van der Waals surface area (Å²) in [6, 6.07) is 9.66. The van der Waals surface area contributed by atoms with Crippen molar-refractivity contribution in [2.24, 2.45) is 4.99 Å². The molecule has 4 heterocycles. The van der Waals surface area contributed by atoms with Gasteiger partial charge in [-0.2, -0.15) is 0 Å². The lowest BCUT2D eigenvalue weighted by atomic mass is 9.98. The number of halogens is 2. The summed E-state index contributed by atoms with van der Waals surface area (Å²) in [5.41, 5.74) is 2.94. The van der Waals surface area contributed by atoms with E-state index in [2.05, 4.69) is 19.9 Å². The van der Waals surface area contributed by atoms with Crippen molar-refractivity contribution in [2.45, 2.75) is 6.42 Å². The van der Waals surface area contributed by atoms with Crippen molar-refractivity contribution in [2.75, 3.05) is 37.8 Å². The molecule has 5 rings (SSSR count). The van der Waals surface area contributed by atoms with Crippen molar-refractivity contribution in [3.05, 3.63) is 65.2 Å². The van der Waals surface area contributed by atoms with E-state index in [9.17, 15) is 9.18 Å².